The van der Waals surface area contributed by atoms with Crippen LogP contribution in [0.1, 0.15) is 6.92 Å². The van der Waals surface area contributed by atoms with Crippen molar-refractivity contribution in [2.75, 3.05) is 5.32 Å². The molecule has 4 aromatic rings. The number of halogens is 2. The summed E-state index contributed by atoms with van der Waals surface area (Å²) < 4.78 is 0. The smallest absolute Gasteiger partial charge is 0.221 e. The summed E-state index contributed by atoms with van der Waals surface area (Å²) in [6.07, 6.45) is 0. The predicted molar refractivity (Wildman–Crippen MR) is 109 cm³/mol. The lowest BCUT2D eigenvalue weighted by Gasteiger charge is -2.05. The first-order valence-corrected chi connectivity index (χ1v) is 8.95. The second kappa shape index (κ2) is 7.02. The second-order valence-corrected chi connectivity index (χ2v) is 6.87. The summed E-state index contributed by atoms with van der Waals surface area (Å²) >= 11 is 12.1. The summed E-state index contributed by atoms with van der Waals surface area (Å²) in [4.78, 5) is 15.8. The van der Waals surface area contributed by atoms with E-state index in [0.29, 0.717) is 15.7 Å². The zero-order chi connectivity index (χ0) is 19.0. The first-order chi connectivity index (χ1) is 13.0. The van der Waals surface area contributed by atoms with E-state index in [1.165, 1.54) is 6.92 Å². The average Bonchev–Trinajstić information content (AvgIpc) is 3.07. The van der Waals surface area contributed by atoms with Crippen LogP contribution in [-0.2, 0) is 4.79 Å². The number of nitrogens with zero attached hydrogens (tertiary/aromatic N) is 2. The number of hydrogen-bond acceptors (Lipinski definition) is 3. The molecular weight excluding hydrogens is 383 g/mol. The van der Waals surface area contributed by atoms with Gasteiger partial charge in [-0.2, -0.15) is 5.10 Å². The summed E-state index contributed by atoms with van der Waals surface area (Å²) in [6.45, 7) is 1.48. The molecule has 1 amide bonds. The SMILES string of the molecule is CC(=O)Nc1ccc(-c2ccc3c(-c4ccc(Cl)c(Cl)c4)[nH]nc3n2)cc1. The number of carbonyl (C=O) groups excluding carboxylic acids is 1. The predicted octanol–water partition coefficient (Wildman–Crippen LogP) is 5.56. The fourth-order valence-electron chi connectivity index (χ4n) is 2.86. The van der Waals surface area contributed by atoms with E-state index < -0.39 is 0 Å². The van der Waals surface area contributed by atoms with E-state index in [9.17, 15) is 4.79 Å². The molecule has 7 heteroatoms. The molecule has 0 spiro atoms. The molecule has 0 saturated carbocycles. The number of amides is 1. The van der Waals surface area contributed by atoms with Gasteiger partial charge in [0.05, 0.1) is 21.4 Å². The Morgan fingerprint density at radius 2 is 1.70 bits per heavy atom. The maximum absolute atomic E-state index is 11.1. The Morgan fingerprint density at radius 1 is 0.963 bits per heavy atom. The van der Waals surface area contributed by atoms with Crippen molar-refractivity contribution >= 4 is 45.8 Å². The van der Waals surface area contributed by atoms with Gasteiger partial charge < -0.3 is 5.32 Å². The zero-order valence-corrected chi connectivity index (χ0v) is 15.8. The van der Waals surface area contributed by atoms with Gasteiger partial charge in [-0.3, -0.25) is 9.89 Å². The summed E-state index contributed by atoms with van der Waals surface area (Å²) in [6, 6.07) is 16.8. The molecule has 2 aromatic carbocycles. The van der Waals surface area contributed by atoms with E-state index in [2.05, 4.69) is 20.5 Å². The Kier molecular flexibility index (Phi) is 4.56. The molecule has 0 unspecified atom stereocenters. The summed E-state index contributed by atoms with van der Waals surface area (Å²) in [5, 5.41) is 12.0. The Bertz CT molecular complexity index is 1150. The molecule has 0 saturated heterocycles. The van der Waals surface area contributed by atoms with Crippen molar-refractivity contribution in [3.63, 3.8) is 0 Å². The van der Waals surface area contributed by atoms with E-state index in [1.54, 1.807) is 12.1 Å². The average molecular weight is 397 g/mol. The number of aromatic nitrogens is 3. The van der Waals surface area contributed by atoms with E-state index >= 15 is 0 Å². The third kappa shape index (κ3) is 3.52. The molecule has 0 aliphatic heterocycles. The number of hydrogen-bond donors (Lipinski definition) is 2. The molecule has 4 rings (SSSR count). The summed E-state index contributed by atoms with van der Waals surface area (Å²) in [7, 11) is 0. The van der Waals surface area contributed by atoms with Gasteiger partial charge in [-0.15, -0.1) is 0 Å². The topological polar surface area (TPSA) is 70.7 Å². The van der Waals surface area contributed by atoms with Crippen LogP contribution in [0.4, 0.5) is 5.69 Å². The van der Waals surface area contributed by atoms with Crippen LogP contribution in [0, 0.1) is 0 Å². The Hall–Kier alpha value is -2.89. The lowest BCUT2D eigenvalue weighted by molar-refractivity contribution is -0.114. The van der Waals surface area contributed by atoms with Gasteiger partial charge in [0.1, 0.15) is 0 Å². The van der Waals surface area contributed by atoms with Gasteiger partial charge in [-0.05, 0) is 36.4 Å². The van der Waals surface area contributed by atoms with Crippen molar-refractivity contribution < 1.29 is 4.79 Å². The van der Waals surface area contributed by atoms with Crippen LogP contribution in [0.3, 0.4) is 0 Å². The Morgan fingerprint density at radius 3 is 2.41 bits per heavy atom. The Labute approximate surface area is 165 Å². The lowest BCUT2D eigenvalue weighted by Crippen LogP contribution is -2.05. The minimum absolute atomic E-state index is 0.103. The molecule has 0 aliphatic rings. The highest BCUT2D eigenvalue weighted by atomic mass is 35.5. The number of anilines is 1. The van der Waals surface area contributed by atoms with E-state index in [0.717, 1.165) is 33.6 Å². The van der Waals surface area contributed by atoms with Gasteiger partial charge in [0, 0.05) is 29.1 Å². The first-order valence-electron chi connectivity index (χ1n) is 8.20. The normalized spacial score (nSPS) is 10.9. The van der Waals surface area contributed by atoms with Crippen LogP contribution in [-0.4, -0.2) is 21.1 Å². The molecule has 0 aliphatic carbocycles. The number of pyridine rings is 1. The van der Waals surface area contributed by atoms with Gasteiger partial charge in [0.25, 0.3) is 0 Å². The molecule has 0 fully saturated rings. The molecule has 134 valence electrons. The van der Waals surface area contributed by atoms with E-state index in [4.69, 9.17) is 23.2 Å². The van der Waals surface area contributed by atoms with Gasteiger partial charge in [0.15, 0.2) is 5.65 Å². The molecule has 0 radical (unpaired) electrons. The van der Waals surface area contributed by atoms with Gasteiger partial charge in [0.2, 0.25) is 5.91 Å². The zero-order valence-electron chi connectivity index (χ0n) is 14.3. The molecule has 2 heterocycles. The van der Waals surface area contributed by atoms with Crippen LogP contribution < -0.4 is 5.32 Å². The monoisotopic (exact) mass is 396 g/mol. The maximum Gasteiger partial charge on any atom is 0.221 e. The maximum atomic E-state index is 11.1. The van der Waals surface area contributed by atoms with Crippen molar-refractivity contribution in [3.8, 4) is 22.5 Å². The van der Waals surface area contributed by atoms with Gasteiger partial charge in [-0.1, -0.05) is 41.4 Å². The highest BCUT2D eigenvalue weighted by Crippen LogP contribution is 2.32. The number of H-pyrrole nitrogens is 1. The molecule has 5 nitrogen and oxygen atoms in total. The second-order valence-electron chi connectivity index (χ2n) is 6.05. The van der Waals surface area contributed by atoms with Crippen LogP contribution in [0.15, 0.2) is 54.6 Å². The van der Waals surface area contributed by atoms with E-state index in [-0.39, 0.29) is 5.91 Å². The minimum Gasteiger partial charge on any atom is -0.326 e. The van der Waals surface area contributed by atoms with Crippen LogP contribution in [0.5, 0.6) is 0 Å². The highest BCUT2D eigenvalue weighted by molar-refractivity contribution is 6.42. The van der Waals surface area contributed by atoms with Crippen LogP contribution in [0.2, 0.25) is 10.0 Å². The number of benzene rings is 2. The van der Waals surface area contributed by atoms with Gasteiger partial charge in [-0.25, -0.2) is 4.98 Å². The van der Waals surface area contributed by atoms with Crippen molar-refractivity contribution in [2.24, 2.45) is 0 Å². The molecule has 2 N–H and O–H groups in total. The largest absolute Gasteiger partial charge is 0.326 e. The standard InChI is InChI=1S/C20H14Cl2N4O/c1-11(27)23-14-5-2-12(3-6-14)18-9-7-15-19(25-26-20(15)24-18)13-4-8-16(21)17(22)10-13/h2-10H,1H3,(H,23,27)(H,24,25,26). The fraction of sp³-hybridized carbons (Fsp3) is 0.0500. The van der Waals surface area contributed by atoms with Crippen molar-refractivity contribution in [3.05, 3.63) is 64.6 Å². The number of nitrogens with one attached hydrogen (secondary N) is 2. The van der Waals surface area contributed by atoms with Crippen molar-refractivity contribution in [1.82, 2.24) is 15.2 Å². The first kappa shape index (κ1) is 17.5. The third-order valence-corrected chi connectivity index (χ3v) is 4.87. The molecule has 0 atom stereocenters. The number of fused-ring (bicyclic) bond motifs is 1. The van der Waals surface area contributed by atoms with Gasteiger partial charge >= 0.3 is 0 Å². The number of carbonyl (C=O) groups is 1. The van der Waals surface area contributed by atoms with Crippen molar-refractivity contribution in [2.45, 2.75) is 6.92 Å². The quantitative estimate of drug-likeness (QED) is 0.476. The lowest BCUT2D eigenvalue weighted by atomic mass is 10.1. The fourth-order valence-corrected chi connectivity index (χ4v) is 3.16. The number of aromatic amines is 1. The highest BCUT2D eigenvalue weighted by Gasteiger charge is 2.12. The molecular formula is C20H14Cl2N4O. The van der Waals surface area contributed by atoms with E-state index in [1.807, 2.05) is 42.5 Å². The minimum atomic E-state index is -0.103. The van der Waals surface area contributed by atoms with Crippen LogP contribution in [0.25, 0.3) is 33.5 Å². The summed E-state index contributed by atoms with van der Waals surface area (Å²) in [5.74, 6) is -0.103. The molecule has 27 heavy (non-hydrogen) atoms. The summed E-state index contributed by atoms with van der Waals surface area (Å²) in [5.41, 5.74) is 4.81. The third-order valence-electron chi connectivity index (χ3n) is 4.13. The van der Waals surface area contributed by atoms with Crippen LogP contribution >= 0.6 is 23.2 Å². The van der Waals surface area contributed by atoms with Crippen molar-refractivity contribution in [1.29, 1.82) is 0 Å². The Balaban J connectivity index is 1.69. The molecule has 2 aromatic heterocycles. The molecule has 0 bridgehead atoms. The number of rotatable bonds is 3.